The van der Waals surface area contributed by atoms with Gasteiger partial charge >= 0.3 is 0 Å². The SMILES string of the molecule is C#Cc1cc(C#Cc2ccc(OC)c(OC)c2)cc(C#Cc2ccc3ccccc3c2)c1. The lowest BCUT2D eigenvalue weighted by atomic mass is 10.0. The third-order valence-corrected chi connectivity index (χ3v) is 4.94. The van der Waals surface area contributed by atoms with E-state index in [0.717, 1.165) is 33.2 Å². The second kappa shape index (κ2) is 9.49. The van der Waals surface area contributed by atoms with E-state index in [1.165, 1.54) is 5.39 Å². The first-order valence-corrected chi connectivity index (χ1v) is 10.0. The number of rotatable bonds is 2. The number of hydrogen-bond donors (Lipinski definition) is 0. The monoisotopic (exact) mass is 412 g/mol. The summed E-state index contributed by atoms with van der Waals surface area (Å²) in [6.07, 6.45) is 5.66. The molecule has 0 aliphatic carbocycles. The molecule has 0 heterocycles. The van der Waals surface area contributed by atoms with Gasteiger partial charge in [0.15, 0.2) is 11.5 Å². The van der Waals surface area contributed by atoms with E-state index in [1.807, 2.05) is 54.6 Å². The molecule has 0 saturated heterocycles. The molecule has 0 aliphatic heterocycles. The molecule has 152 valence electrons. The number of hydrogen-bond acceptors (Lipinski definition) is 2. The van der Waals surface area contributed by atoms with Crippen LogP contribution in [0.3, 0.4) is 0 Å². The van der Waals surface area contributed by atoms with Crippen LogP contribution in [0.5, 0.6) is 11.5 Å². The molecule has 4 rings (SSSR count). The zero-order chi connectivity index (χ0) is 22.3. The van der Waals surface area contributed by atoms with Crippen molar-refractivity contribution in [3.8, 4) is 47.5 Å². The average molecular weight is 412 g/mol. The summed E-state index contributed by atoms with van der Waals surface area (Å²) in [5.41, 5.74) is 4.14. The van der Waals surface area contributed by atoms with Gasteiger partial charge in [-0.05, 0) is 59.3 Å². The molecule has 0 spiro atoms. The molecular weight excluding hydrogens is 392 g/mol. The first-order valence-electron chi connectivity index (χ1n) is 10.0. The van der Waals surface area contributed by atoms with Crippen LogP contribution in [0, 0.1) is 36.0 Å². The Labute approximate surface area is 188 Å². The highest BCUT2D eigenvalue weighted by Crippen LogP contribution is 2.27. The van der Waals surface area contributed by atoms with Crippen molar-refractivity contribution >= 4 is 10.8 Å². The topological polar surface area (TPSA) is 18.5 Å². The van der Waals surface area contributed by atoms with Gasteiger partial charge in [0, 0.05) is 27.8 Å². The largest absolute Gasteiger partial charge is 0.493 e. The minimum absolute atomic E-state index is 0.638. The van der Waals surface area contributed by atoms with Crippen molar-refractivity contribution in [2.24, 2.45) is 0 Å². The fraction of sp³-hybridized carbons (Fsp3) is 0.0667. The van der Waals surface area contributed by atoms with Crippen LogP contribution in [0.25, 0.3) is 10.8 Å². The van der Waals surface area contributed by atoms with Crippen LogP contribution in [0.15, 0.2) is 78.9 Å². The van der Waals surface area contributed by atoms with Crippen LogP contribution in [-0.4, -0.2) is 14.2 Å². The molecule has 0 radical (unpaired) electrons. The van der Waals surface area contributed by atoms with Gasteiger partial charge in [0.2, 0.25) is 0 Å². The van der Waals surface area contributed by atoms with Crippen molar-refractivity contribution < 1.29 is 9.47 Å². The third-order valence-electron chi connectivity index (χ3n) is 4.94. The lowest BCUT2D eigenvalue weighted by Crippen LogP contribution is -1.90. The van der Waals surface area contributed by atoms with E-state index < -0.39 is 0 Å². The van der Waals surface area contributed by atoms with Crippen molar-refractivity contribution in [3.05, 3.63) is 107 Å². The zero-order valence-electron chi connectivity index (χ0n) is 17.9. The van der Waals surface area contributed by atoms with Crippen LogP contribution >= 0.6 is 0 Å². The Morgan fingerprint density at radius 3 is 1.75 bits per heavy atom. The van der Waals surface area contributed by atoms with Gasteiger partial charge in [-0.15, -0.1) is 6.42 Å². The maximum atomic E-state index is 5.66. The predicted molar refractivity (Wildman–Crippen MR) is 130 cm³/mol. The second-order valence-corrected chi connectivity index (χ2v) is 7.08. The summed E-state index contributed by atoms with van der Waals surface area (Å²) >= 11 is 0. The maximum Gasteiger partial charge on any atom is 0.161 e. The van der Waals surface area contributed by atoms with Crippen molar-refractivity contribution in [3.63, 3.8) is 0 Å². The number of ether oxygens (including phenoxy) is 2. The summed E-state index contributed by atoms with van der Waals surface area (Å²) in [5, 5.41) is 2.36. The summed E-state index contributed by atoms with van der Waals surface area (Å²) in [4.78, 5) is 0. The summed E-state index contributed by atoms with van der Waals surface area (Å²) < 4.78 is 10.6. The molecule has 4 aromatic carbocycles. The van der Waals surface area contributed by atoms with Crippen molar-refractivity contribution in [2.75, 3.05) is 14.2 Å². The molecule has 2 nitrogen and oxygen atoms in total. The Morgan fingerprint density at radius 2 is 1.09 bits per heavy atom. The number of methoxy groups -OCH3 is 2. The molecule has 0 amide bonds. The van der Waals surface area contributed by atoms with Gasteiger partial charge in [-0.3, -0.25) is 0 Å². The van der Waals surface area contributed by atoms with E-state index in [4.69, 9.17) is 15.9 Å². The molecule has 0 atom stereocenters. The van der Waals surface area contributed by atoms with Gasteiger partial charge in [0.25, 0.3) is 0 Å². The van der Waals surface area contributed by atoms with Gasteiger partial charge in [-0.2, -0.15) is 0 Å². The van der Waals surface area contributed by atoms with Crippen molar-refractivity contribution in [1.82, 2.24) is 0 Å². The fourth-order valence-electron chi connectivity index (χ4n) is 3.32. The maximum absolute atomic E-state index is 5.66. The molecule has 0 unspecified atom stereocenters. The van der Waals surface area contributed by atoms with Crippen molar-refractivity contribution in [2.45, 2.75) is 0 Å². The van der Waals surface area contributed by atoms with E-state index in [1.54, 1.807) is 14.2 Å². The molecule has 2 heteroatoms. The Hall–Kier alpha value is -4.58. The summed E-state index contributed by atoms with van der Waals surface area (Å²) in [7, 11) is 3.21. The van der Waals surface area contributed by atoms with Gasteiger partial charge in [0.05, 0.1) is 14.2 Å². The quantitative estimate of drug-likeness (QED) is 0.397. The Balaban J connectivity index is 1.65. The highest BCUT2D eigenvalue weighted by Gasteiger charge is 2.03. The van der Waals surface area contributed by atoms with E-state index in [-0.39, 0.29) is 0 Å². The molecule has 0 aromatic heterocycles. The number of benzene rings is 4. The smallest absolute Gasteiger partial charge is 0.161 e. The summed E-state index contributed by atoms with van der Waals surface area (Å²) in [6, 6.07) is 25.7. The summed E-state index contributed by atoms with van der Waals surface area (Å²) in [6.45, 7) is 0. The molecule has 32 heavy (non-hydrogen) atoms. The molecule has 0 N–H and O–H groups in total. The highest BCUT2D eigenvalue weighted by molar-refractivity contribution is 5.83. The molecule has 0 aliphatic rings. The normalized spacial score (nSPS) is 9.66. The molecule has 0 bridgehead atoms. The minimum Gasteiger partial charge on any atom is -0.493 e. The highest BCUT2D eigenvalue weighted by atomic mass is 16.5. The van der Waals surface area contributed by atoms with Crippen LogP contribution < -0.4 is 9.47 Å². The Bertz CT molecular complexity index is 1460. The number of terminal acetylenes is 1. The first-order chi connectivity index (χ1) is 15.7. The van der Waals surface area contributed by atoms with E-state index in [0.29, 0.717) is 11.5 Å². The summed E-state index contributed by atoms with van der Waals surface area (Å²) in [5.74, 6) is 16.8. The molecule has 0 saturated carbocycles. The van der Waals surface area contributed by atoms with Crippen LogP contribution in [-0.2, 0) is 0 Å². The van der Waals surface area contributed by atoms with Crippen LogP contribution in [0.1, 0.15) is 27.8 Å². The lowest BCUT2D eigenvalue weighted by molar-refractivity contribution is 0.355. The van der Waals surface area contributed by atoms with E-state index >= 15 is 0 Å². The first kappa shape index (κ1) is 20.7. The standard InChI is InChI=1S/C30H20O2/c1-4-22-17-25(11-9-23-13-15-27-7-5-6-8-28(27)20-23)19-26(18-22)12-10-24-14-16-29(31-2)30(21-24)32-3/h1,5-8,13-21H,2-3H3. The average Bonchev–Trinajstić information content (AvgIpc) is 2.85. The minimum atomic E-state index is 0.638. The van der Waals surface area contributed by atoms with Crippen molar-refractivity contribution in [1.29, 1.82) is 0 Å². The van der Waals surface area contributed by atoms with Gasteiger partial charge < -0.3 is 9.47 Å². The second-order valence-electron chi connectivity index (χ2n) is 7.08. The van der Waals surface area contributed by atoms with Gasteiger partial charge in [-0.1, -0.05) is 59.9 Å². The predicted octanol–water partition coefficient (Wildman–Crippen LogP) is 5.64. The Morgan fingerprint density at radius 1 is 0.531 bits per heavy atom. The molecular formula is C30H20O2. The number of fused-ring (bicyclic) bond motifs is 1. The fourth-order valence-corrected chi connectivity index (χ4v) is 3.32. The Kier molecular flexibility index (Phi) is 6.13. The molecule has 0 fully saturated rings. The van der Waals surface area contributed by atoms with Crippen LogP contribution in [0.4, 0.5) is 0 Å². The van der Waals surface area contributed by atoms with Gasteiger partial charge in [0.1, 0.15) is 0 Å². The third kappa shape index (κ3) is 4.76. The van der Waals surface area contributed by atoms with Crippen LogP contribution in [0.2, 0.25) is 0 Å². The zero-order valence-corrected chi connectivity index (χ0v) is 17.9. The van der Waals surface area contributed by atoms with Gasteiger partial charge in [-0.25, -0.2) is 0 Å². The molecule has 4 aromatic rings. The van der Waals surface area contributed by atoms with E-state index in [9.17, 15) is 0 Å². The van der Waals surface area contributed by atoms with E-state index in [2.05, 4.69) is 53.9 Å². The lowest BCUT2D eigenvalue weighted by Gasteiger charge is -2.06.